The molecule has 246 valence electrons. The Balaban J connectivity index is 1.17. The van der Waals surface area contributed by atoms with Crippen molar-refractivity contribution in [2.75, 3.05) is 0 Å². The number of rotatable bonds is 4. The standard InChI is InChI=1S/C48H28N4O/c1-2-13-29(14-3-1)46-50-47(52-48(51-46)41-27-30-15-4-5-16-31(30)32-17-6-7-18-36(32)41)39-24-11-21-33-34(39)22-10-23-35(33)40-28-43-44(38-20-9-8-19-37(38)40)45-42(53-43)25-12-26-49-45/h1-28H. The van der Waals surface area contributed by atoms with Gasteiger partial charge in [-0.15, -0.1) is 0 Å². The summed E-state index contributed by atoms with van der Waals surface area (Å²) in [7, 11) is 0. The molecule has 11 rings (SSSR count). The number of benzene rings is 8. The lowest BCUT2D eigenvalue weighted by Gasteiger charge is -2.15. The third kappa shape index (κ3) is 4.64. The molecule has 0 N–H and O–H groups in total. The van der Waals surface area contributed by atoms with E-state index in [0.29, 0.717) is 17.5 Å². The van der Waals surface area contributed by atoms with Gasteiger partial charge >= 0.3 is 0 Å². The van der Waals surface area contributed by atoms with Gasteiger partial charge in [0.15, 0.2) is 23.1 Å². The van der Waals surface area contributed by atoms with E-state index in [0.717, 1.165) is 82.2 Å². The Bertz CT molecular complexity index is 3240. The summed E-state index contributed by atoms with van der Waals surface area (Å²) in [5.41, 5.74) is 7.53. The second kappa shape index (κ2) is 11.7. The number of aromatic nitrogens is 4. The first-order chi connectivity index (χ1) is 26.3. The summed E-state index contributed by atoms with van der Waals surface area (Å²) in [6, 6.07) is 56.8. The van der Waals surface area contributed by atoms with Gasteiger partial charge in [-0.05, 0) is 78.5 Å². The number of hydrogen-bond acceptors (Lipinski definition) is 5. The molecule has 3 heterocycles. The van der Waals surface area contributed by atoms with Crippen LogP contribution in [0, 0.1) is 0 Å². The van der Waals surface area contributed by atoms with Crippen LogP contribution in [0.4, 0.5) is 0 Å². The summed E-state index contributed by atoms with van der Waals surface area (Å²) in [6.07, 6.45) is 1.82. The van der Waals surface area contributed by atoms with Crippen LogP contribution in [-0.2, 0) is 0 Å². The Kier molecular flexibility index (Phi) is 6.48. The van der Waals surface area contributed by atoms with Crippen LogP contribution in [0.15, 0.2) is 174 Å². The molecule has 0 bridgehead atoms. The molecule has 0 saturated heterocycles. The fraction of sp³-hybridized carbons (Fsp3) is 0. The van der Waals surface area contributed by atoms with Crippen LogP contribution < -0.4 is 0 Å². The summed E-state index contributed by atoms with van der Waals surface area (Å²) < 4.78 is 6.41. The van der Waals surface area contributed by atoms with E-state index < -0.39 is 0 Å². The Morgan fingerprint density at radius 2 is 0.943 bits per heavy atom. The Morgan fingerprint density at radius 3 is 1.75 bits per heavy atom. The molecule has 8 aromatic carbocycles. The zero-order valence-electron chi connectivity index (χ0n) is 28.4. The van der Waals surface area contributed by atoms with Crippen molar-refractivity contribution in [3.63, 3.8) is 0 Å². The Labute approximate surface area is 303 Å². The van der Waals surface area contributed by atoms with Gasteiger partial charge in [0, 0.05) is 22.9 Å². The van der Waals surface area contributed by atoms with E-state index in [-0.39, 0.29) is 0 Å². The van der Waals surface area contributed by atoms with Gasteiger partial charge in [-0.1, -0.05) is 140 Å². The molecule has 3 aromatic heterocycles. The van der Waals surface area contributed by atoms with Crippen molar-refractivity contribution in [1.29, 1.82) is 0 Å². The maximum Gasteiger partial charge on any atom is 0.164 e. The van der Waals surface area contributed by atoms with Gasteiger partial charge in [0.25, 0.3) is 0 Å². The highest BCUT2D eigenvalue weighted by Gasteiger charge is 2.20. The predicted octanol–water partition coefficient (Wildman–Crippen LogP) is 12.4. The van der Waals surface area contributed by atoms with Crippen LogP contribution >= 0.6 is 0 Å². The van der Waals surface area contributed by atoms with Crippen molar-refractivity contribution in [1.82, 2.24) is 19.9 Å². The molecule has 0 saturated carbocycles. The maximum absolute atomic E-state index is 6.41. The number of fused-ring (bicyclic) bond motifs is 9. The van der Waals surface area contributed by atoms with E-state index in [4.69, 9.17) is 24.4 Å². The van der Waals surface area contributed by atoms with Crippen molar-refractivity contribution in [2.24, 2.45) is 0 Å². The smallest absolute Gasteiger partial charge is 0.164 e. The van der Waals surface area contributed by atoms with Gasteiger partial charge in [0.1, 0.15) is 11.1 Å². The van der Waals surface area contributed by atoms with Crippen LogP contribution in [0.5, 0.6) is 0 Å². The van der Waals surface area contributed by atoms with Gasteiger partial charge in [-0.25, -0.2) is 15.0 Å². The molecule has 0 fully saturated rings. The Morgan fingerprint density at radius 1 is 0.358 bits per heavy atom. The average Bonchev–Trinajstić information content (AvgIpc) is 3.62. The first kappa shape index (κ1) is 29.5. The molecule has 0 atom stereocenters. The lowest BCUT2D eigenvalue weighted by molar-refractivity contribution is 0.668. The second-order valence-corrected chi connectivity index (χ2v) is 13.4. The largest absolute Gasteiger partial charge is 0.454 e. The van der Waals surface area contributed by atoms with Crippen molar-refractivity contribution >= 4 is 65.2 Å². The SMILES string of the molecule is c1ccc(-c2nc(-c3cccc4c(-c5cc6oc7cccnc7c6c6ccccc56)cccc34)nc(-c3cc4ccccc4c4ccccc34)n2)cc1. The van der Waals surface area contributed by atoms with Crippen molar-refractivity contribution in [3.8, 4) is 45.3 Å². The van der Waals surface area contributed by atoms with Crippen LogP contribution in [0.1, 0.15) is 0 Å². The molecule has 5 nitrogen and oxygen atoms in total. The van der Waals surface area contributed by atoms with Crippen LogP contribution in [0.2, 0.25) is 0 Å². The molecule has 11 aromatic rings. The molecule has 0 unspecified atom stereocenters. The number of furan rings is 1. The molecule has 0 radical (unpaired) electrons. The second-order valence-electron chi connectivity index (χ2n) is 13.4. The summed E-state index contributed by atoms with van der Waals surface area (Å²) >= 11 is 0. The van der Waals surface area contributed by atoms with Gasteiger partial charge in [-0.3, -0.25) is 4.98 Å². The quantitative estimate of drug-likeness (QED) is 0.174. The zero-order chi connectivity index (χ0) is 34.9. The van der Waals surface area contributed by atoms with E-state index in [2.05, 4.69) is 133 Å². The van der Waals surface area contributed by atoms with E-state index in [1.807, 2.05) is 36.5 Å². The lowest BCUT2D eigenvalue weighted by Crippen LogP contribution is -2.01. The first-order valence-electron chi connectivity index (χ1n) is 17.7. The topological polar surface area (TPSA) is 64.7 Å². The maximum atomic E-state index is 6.41. The van der Waals surface area contributed by atoms with Crippen molar-refractivity contribution in [3.05, 3.63) is 170 Å². The van der Waals surface area contributed by atoms with Gasteiger partial charge in [0.05, 0.1) is 5.39 Å². The van der Waals surface area contributed by atoms with E-state index in [1.165, 1.54) is 10.8 Å². The van der Waals surface area contributed by atoms with Crippen molar-refractivity contribution in [2.45, 2.75) is 0 Å². The van der Waals surface area contributed by atoms with Crippen LogP contribution in [-0.4, -0.2) is 19.9 Å². The van der Waals surface area contributed by atoms with E-state index in [1.54, 1.807) is 0 Å². The summed E-state index contributed by atoms with van der Waals surface area (Å²) in [5.74, 6) is 1.89. The number of nitrogens with zero attached hydrogens (tertiary/aromatic N) is 4. The predicted molar refractivity (Wildman–Crippen MR) is 217 cm³/mol. The molecule has 5 heteroatoms. The lowest BCUT2D eigenvalue weighted by atomic mass is 9.91. The van der Waals surface area contributed by atoms with E-state index in [9.17, 15) is 0 Å². The molecule has 0 aliphatic rings. The number of hydrogen-bond donors (Lipinski definition) is 0. The molecule has 0 aliphatic heterocycles. The highest BCUT2D eigenvalue weighted by molar-refractivity contribution is 6.22. The van der Waals surface area contributed by atoms with E-state index >= 15 is 0 Å². The third-order valence-electron chi connectivity index (χ3n) is 10.4. The normalized spacial score (nSPS) is 11.8. The first-order valence-corrected chi connectivity index (χ1v) is 17.7. The molecular weight excluding hydrogens is 649 g/mol. The average molecular weight is 677 g/mol. The molecule has 0 spiro atoms. The molecular formula is C48H28N4O. The summed E-state index contributed by atoms with van der Waals surface area (Å²) in [4.78, 5) is 20.3. The van der Waals surface area contributed by atoms with Gasteiger partial charge in [0.2, 0.25) is 0 Å². The monoisotopic (exact) mass is 676 g/mol. The third-order valence-corrected chi connectivity index (χ3v) is 10.4. The molecule has 0 aliphatic carbocycles. The minimum absolute atomic E-state index is 0.623. The fourth-order valence-corrected chi connectivity index (χ4v) is 7.99. The fourth-order valence-electron chi connectivity index (χ4n) is 7.99. The molecule has 0 amide bonds. The highest BCUT2D eigenvalue weighted by atomic mass is 16.3. The zero-order valence-corrected chi connectivity index (χ0v) is 28.4. The minimum atomic E-state index is 0.623. The summed E-state index contributed by atoms with van der Waals surface area (Å²) in [6.45, 7) is 0. The molecule has 53 heavy (non-hydrogen) atoms. The highest BCUT2D eigenvalue weighted by Crippen LogP contribution is 2.43. The van der Waals surface area contributed by atoms with Crippen LogP contribution in [0.25, 0.3) is 110 Å². The van der Waals surface area contributed by atoms with Gasteiger partial charge in [-0.2, -0.15) is 0 Å². The number of pyridine rings is 1. The van der Waals surface area contributed by atoms with Crippen LogP contribution in [0.3, 0.4) is 0 Å². The van der Waals surface area contributed by atoms with Crippen molar-refractivity contribution < 1.29 is 4.42 Å². The van der Waals surface area contributed by atoms with Gasteiger partial charge < -0.3 is 4.42 Å². The Hall–Kier alpha value is -7.24. The minimum Gasteiger partial charge on any atom is -0.454 e. The summed E-state index contributed by atoms with van der Waals surface area (Å²) in [5, 5.41) is 10.1.